The molecule has 0 aromatic heterocycles. The van der Waals surface area contributed by atoms with Crippen LogP contribution in [0.5, 0.6) is 0 Å². The Labute approximate surface area is 162 Å². The SMILES string of the molecule is CNCC1CCCN1S(=O)(=O)c1ccc2c(c1)CCN(C(C)=O)CC2.Cl. The molecule has 1 saturated heterocycles. The monoisotopic (exact) mass is 401 g/mol. The van der Waals surface area contributed by atoms with Gasteiger partial charge in [-0.05, 0) is 56.0 Å². The number of carbonyl (C=O) groups is 1. The van der Waals surface area contributed by atoms with Gasteiger partial charge in [0.25, 0.3) is 0 Å². The predicted octanol–water partition coefficient (Wildman–Crippen LogP) is 1.43. The molecule has 1 aromatic carbocycles. The molecule has 0 bridgehead atoms. The van der Waals surface area contributed by atoms with Crippen LogP contribution in [-0.2, 0) is 27.7 Å². The summed E-state index contributed by atoms with van der Waals surface area (Å²) in [5.41, 5.74) is 2.20. The lowest BCUT2D eigenvalue weighted by Crippen LogP contribution is -2.40. The van der Waals surface area contributed by atoms with Crippen LogP contribution < -0.4 is 5.32 Å². The largest absolute Gasteiger partial charge is 0.342 e. The highest BCUT2D eigenvalue weighted by Gasteiger charge is 2.35. The summed E-state index contributed by atoms with van der Waals surface area (Å²) in [6, 6.07) is 5.51. The molecule has 0 spiro atoms. The van der Waals surface area contributed by atoms with Crippen LogP contribution >= 0.6 is 12.4 Å². The number of fused-ring (bicyclic) bond motifs is 1. The highest BCUT2D eigenvalue weighted by Crippen LogP contribution is 2.28. The maximum Gasteiger partial charge on any atom is 0.243 e. The molecule has 1 fully saturated rings. The normalized spacial score (nSPS) is 21.0. The number of benzene rings is 1. The number of amides is 1. The molecule has 0 radical (unpaired) electrons. The molecule has 1 aromatic rings. The van der Waals surface area contributed by atoms with E-state index >= 15 is 0 Å². The smallest absolute Gasteiger partial charge is 0.243 e. The van der Waals surface area contributed by atoms with Gasteiger partial charge in [-0.3, -0.25) is 4.79 Å². The molecule has 6 nitrogen and oxygen atoms in total. The summed E-state index contributed by atoms with van der Waals surface area (Å²) in [6.45, 7) is 4.20. The molecule has 0 saturated carbocycles. The molecular weight excluding hydrogens is 374 g/mol. The van der Waals surface area contributed by atoms with Crippen LogP contribution in [0.25, 0.3) is 0 Å². The topological polar surface area (TPSA) is 69.7 Å². The van der Waals surface area contributed by atoms with Gasteiger partial charge in [0.05, 0.1) is 4.90 Å². The molecule has 1 unspecified atom stereocenters. The fraction of sp³-hybridized carbons (Fsp3) is 0.611. The summed E-state index contributed by atoms with van der Waals surface area (Å²) in [5.74, 6) is 0.0765. The second-order valence-corrected chi connectivity index (χ2v) is 8.80. The van der Waals surface area contributed by atoms with Crippen molar-refractivity contribution in [2.24, 2.45) is 0 Å². The van der Waals surface area contributed by atoms with E-state index in [1.165, 1.54) is 0 Å². The first-order valence-corrected chi connectivity index (χ1v) is 10.4. The van der Waals surface area contributed by atoms with Crippen molar-refractivity contribution in [3.63, 3.8) is 0 Å². The summed E-state index contributed by atoms with van der Waals surface area (Å²) in [4.78, 5) is 13.8. The maximum absolute atomic E-state index is 13.1. The van der Waals surface area contributed by atoms with Crippen LogP contribution in [0.1, 0.15) is 30.9 Å². The van der Waals surface area contributed by atoms with E-state index in [1.54, 1.807) is 17.3 Å². The molecule has 2 heterocycles. The number of carbonyl (C=O) groups excluding carboxylic acids is 1. The third-order valence-corrected chi connectivity index (χ3v) is 7.24. The van der Waals surface area contributed by atoms with Gasteiger partial charge in [0, 0.05) is 39.1 Å². The minimum absolute atomic E-state index is 0. The van der Waals surface area contributed by atoms with E-state index in [9.17, 15) is 13.2 Å². The number of halogens is 1. The minimum atomic E-state index is -3.47. The minimum Gasteiger partial charge on any atom is -0.342 e. The van der Waals surface area contributed by atoms with Gasteiger partial charge in [0.1, 0.15) is 0 Å². The van der Waals surface area contributed by atoms with Crippen molar-refractivity contribution < 1.29 is 13.2 Å². The Balaban J connectivity index is 0.00000243. The Morgan fingerprint density at radius 2 is 1.88 bits per heavy atom. The van der Waals surface area contributed by atoms with Crippen molar-refractivity contribution in [3.05, 3.63) is 29.3 Å². The molecule has 26 heavy (non-hydrogen) atoms. The second kappa shape index (κ2) is 8.69. The molecule has 3 rings (SSSR count). The average Bonchev–Trinajstić information content (AvgIpc) is 2.94. The van der Waals surface area contributed by atoms with Gasteiger partial charge in [-0.25, -0.2) is 8.42 Å². The number of likely N-dealkylation sites (N-methyl/N-ethyl adjacent to an activating group) is 1. The van der Waals surface area contributed by atoms with Gasteiger partial charge in [-0.2, -0.15) is 4.31 Å². The lowest BCUT2D eigenvalue weighted by atomic mass is 10.0. The Bertz CT molecular complexity index is 754. The second-order valence-electron chi connectivity index (χ2n) is 6.91. The van der Waals surface area contributed by atoms with Gasteiger partial charge >= 0.3 is 0 Å². The summed E-state index contributed by atoms with van der Waals surface area (Å²) in [7, 11) is -1.62. The standard InChI is InChI=1S/C18H27N3O3S.ClH/c1-14(22)20-10-7-15-5-6-18(12-16(15)8-11-20)25(23,24)21-9-3-4-17(21)13-19-2;/h5-6,12,17,19H,3-4,7-11,13H2,1-2H3;1H. The molecular formula is C18H28ClN3O3S. The van der Waals surface area contributed by atoms with Gasteiger partial charge in [0.2, 0.25) is 15.9 Å². The van der Waals surface area contributed by atoms with E-state index in [0.717, 1.165) is 30.4 Å². The lowest BCUT2D eigenvalue weighted by molar-refractivity contribution is -0.128. The van der Waals surface area contributed by atoms with Gasteiger partial charge in [-0.1, -0.05) is 6.07 Å². The zero-order valence-electron chi connectivity index (χ0n) is 15.4. The predicted molar refractivity (Wildman–Crippen MR) is 104 cm³/mol. The maximum atomic E-state index is 13.1. The number of rotatable bonds is 4. The summed E-state index contributed by atoms with van der Waals surface area (Å²) >= 11 is 0. The van der Waals surface area contributed by atoms with E-state index in [1.807, 2.05) is 24.1 Å². The fourth-order valence-corrected chi connectivity index (χ4v) is 5.62. The third-order valence-electron chi connectivity index (χ3n) is 5.29. The van der Waals surface area contributed by atoms with E-state index in [0.29, 0.717) is 37.5 Å². The van der Waals surface area contributed by atoms with Crippen LogP contribution in [0.3, 0.4) is 0 Å². The summed E-state index contributed by atoms with van der Waals surface area (Å²) < 4.78 is 27.8. The fourth-order valence-electron chi connectivity index (χ4n) is 3.88. The number of hydrogen-bond donors (Lipinski definition) is 1. The highest BCUT2D eigenvalue weighted by atomic mass is 35.5. The Morgan fingerprint density at radius 3 is 2.54 bits per heavy atom. The van der Waals surface area contributed by atoms with Crippen molar-refractivity contribution in [3.8, 4) is 0 Å². The molecule has 2 aliphatic heterocycles. The lowest BCUT2D eigenvalue weighted by Gasteiger charge is -2.24. The van der Waals surface area contributed by atoms with Crippen molar-refractivity contribution in [2.45, 2.75) is 43.5 Å². The Kier molecular flexibility index (Phi) is 7.07. The quantitative estimate of drug-likeness (QED) is 0.828. The van der Waals surface area contributed by atoms with Crippen molar-refractivity contribution >= 4 is 28.3 Å². The molecule has 2 aliphatic rings. The van der Waals surface area contributed by atoms with Gasteiger partial charge < -0.3 is 10.2 Å². The van der Waals surface area contributed by atoms with E-state index in [-0.39, 0.29) is 24.4 Å². The molecule has 1 N–H and O–H groups in total. The molecule has 8 heteroatoms. The van der Waals surface area contributed by atoms with E-state index < -0.39 is 10.0 Å². The summed E-state index contributed by atoms with van der Waals surface area (Å²) in [6.07, 6.45) is 3.29. The number of nitrogens with one attached hydrogen (secondary N) is 1. The first-order valence-electron chi connectivity index (χ1n) is 8.97. The van der Waals surface area contributed by atoms with Gasteiger partial charge in [0.15, 0.2) is 0 Å². The van der Waals surface area contributed by atoms with Crippen LogP contribution in [-0.4, -0.2) is 62.8 Å². The summed E-state index contributed by atoms with van der Waals surface area (Å²) in [5, 5.41) is 3.09. The first-order chi connectivity index (χ1) is 11.9. The number of nitrogens with zero attached hydrogens (tertiary/aromatic N) is 2. The Morgan fingerprint density at radius 1 is 1.19 bits per heavy atom. The average molecular weight is 402 g/mol. The van der Waals surface area contributed by atoms with Crippen molar-refractivity contribution in [1.29, 1.82) is 0 Å². The zero-order chi connectivity index (χ0) is 18.0. The van der Waals surface area contributed by atoms with E-state index in [4.69, 9.17) is 0 Å². The van der Waals surface area contributed by atoms with Crippen molar-refractivity contribution in [1.82, 2.24) is 14.5 Å². The van der Waals surface area contributed by atoms with E-state index in [2.05, 4.69) is 5.32 Å². The first kappa shape index (κ1) is 21.2. The molecule has 0 aliphatic carbocycles. The van der Waals surface area contributed by atoms with Crippen LogP contribution in [0.4, 0.5) is 0 Å². The zero-order valence-corrected chi connectivity index (χ0v) is 17.0. The van der Waals surface area contributed by atoms with Gasteiger partial charge in [-0.15, -0.1) is 12.4 Å². The molecule has 146 valence electrons. The van der Waals surface area contributed by atoms with Crippen molar-refractivity contribution in [2.75, 3.05) is 33.2 Å². The molecule has 1 amide bonds. The number of hydrogen-bond acceptors (Lipinski definition) is 4. The van der Waals surface area contributed by atoms with Crippen LogP contribution in [0.15, 0.2) is 23.1 Å². The number of sulfonamides is 1. The molecule has 1 atom stereocenters. The Hall–Kier alpha value is -1.15. The van der Waals surface area contributed by atoms with Crippen LogP contribution in [0, 0.1) is 0 Å². The van der Waals surface area contributed by atoms with Crippen LogP contribution in [0.2, 0.25) is 0 Å². The highest BCUT2D eigenvalue weighted by molar-refractivity contribution is 7.89. The third kappa shape index (κ3) is 4.22.